The predicted molar refractivity (Wildman–Crippen MR) is 68.4 cm³/mol. The molecular weight excluding hydrogens is 236 g/mol. The number of hydrogen-bond acceptors (Lipinski definition) is 4. The summed E-state index contributed by atoms with van der Waals surface area (Å²) in [5, 5.41) is 4.38. The molecule has 0 saturated carbocycles. The van der Waals surface area contributed by atoms with Gasteiger partial charge in [0.05, 0.1) is 18.7 Å². The molecule has 5 heteroatoms. The van der Waals surface area contributed by atoms with E-state index >= 15 is 0 Å². The van der Waals surface area contributed by atoms with Gasteiger partial charge < -0.3 is 4.74 Å². The number of carbonyl (C=O) groups excluding carboxylic acids is 1. The summed E-state index contributed by atoms with van der Waals surface area (Å²) in [4.78, 5) is 12.0. The van der Waals surface area contributed by atoms with Crippen molar-refractivity contribution in [3.05, 3.63) is 18.0 Å². The number of carbonyl (C=O) groups is 1. The molecule has 1 atom stereocenters. The molecule has 0 aliphatic carbocycles. The van der Waals surface area contributed by atoms with Crippen molar-refractivity contribution >= 4 is 17.5 Å². The molecule has 1 aromatic rings. The number of nitrogens with zero attached hydrogens (tertiary/aromatic N) is 2. The Labute approximate surface area is 106 Å². The van der Waals surface area contributed by atoms with Crippen LogP contribution in [0.2, 0.25) is 0 Å². The maximum atomic E-state index is 12.0. The Bertz CT molecular complexity index is 384. The van der Waals surface area contributed by atoms with Crippen LogP contribution in [-0.4, -0.2) is 39.8 Å². The van der Waals surface area contributed by atoms with Crippen LogP contribution >= 0.6 is 11.8 Å². The highest BCUT2D eigenvalue weighted by molar-refractivity contribution is 7.99. The van der Waals surface area contributed by atoms with E-state index in [4.69, 9.17) is 4.74 Å². The smallest absolute Gasteiger partial charge is 0.168 e. The second kappa shape index (κ2) is 5.69. The first-order valence-corrected chi connectivity index (χ1v) is 7.08. The molecule has 2 rings (SSSR count). The van der Waals surface area contributed by atoms with Crippen LogP contribution < -0.4 is 0 Å². The third kappa shape index (κ3) is 3.33. The third-order valence-corrected chi connectivity index (χ3v) is 3.72. The second-order valence-corrected chi connectivity index (χ2v) is 5.61. The van der Waals surface area contributed by atoms with Crippen molar-refractivity contribution in [1.29, 1.82) is 0 Å². The summed E-state index contributed by atoms with van der Waals surface area (Å²) in [5.41, 5.74) is 0.836. The lowest BCUT2D eigenvalue weighted by molar-refractivity contribution is -0.128. The maximum Gasteiger partial charge on any atom is 0.168 e. The molecule has 1 fully saturated rings. The first-order valence-electron chi connectivity index (χ1n) is 5.93. The molecule has 1 aliphatic heterocycles. The number of hydrogen-bond donors (Lipinski definition) is 0. The van der Waals surface area contributed by atoms with Gasteiger partial charge in [0.15, 0.2) is 5.78 Å². The molecule has 0 bridgehead atoms. The number of Topliss-reactive ketones (excluding diaryl/α,β-unsaturated/α-hetero) is 1. The van der Waals surface area contributed by atoms with Crippen LogP contribution in [0.3, 0.4) is 0 Å². The molecule has 4 nitrogen and oxygen atoms in total. The average Bonchev–Trinajstić information content (AvgIpc) is 2.79. The molecule has 17 heavy (non-hydrogen) atoms. The summed E-state index contributed by atoms with van der Waals surface area (Å²) >= 11 is 1.78. The van der Waals surface area contributed by atoms with Crippen molar-refractivity contribution in [2.75, 3.05) is 18.1 Å². The first-order chi connectivity index (χ1) is 8.16. The molecule has 1 unspecified atom stereocenters. The Hall–Kier alpha value is -0.810. The topological polar surface area (TPSA) is 44.1 Å². The highest BCUT2D eigenvalue weighted by atomic mass is 32.2. The van der Waals surface area contributed by atoms with Gasteiger partial charge in [-0.25, -0.2) is 0 Å². The molecule has 0 amide bonds. The van der Waals surface area contributed by atoms with Crippen LogP contribution in [0.4, 0.5) is 0 Å². The molecule has 1 aromatic heterocycles. The fourth-order valence-corrected chi connectivity index (χ4v) is 2.60. The van der Waals surface area contributed by atoms with Crippen LogP contribution in [0, 0.1) is 0 Å². The number of ketones is 1. The lowest BCUT2D eigenvalue weighted by Gasteiger charge is -2.20. The van der Waals surface area contributed by atoms with Crippen molar-refractivity contribution < 1.29 is 9.53 Å². The molecule has 1 aliphatic rings. The number of thioether (sulfide) groups is 1. The summed E-state index contributed by atoms with van der Waals surface area (Å²) < 4.78 is 7.34. The van der Waals surface area contributed by atoms with E-state index in [-0.39, 0.29) is 11.9 Å². The van der Waals surface area contributed by atoms with Gasteiger partial charge in [0.1, 0.15) is 6.10 Å². The summed E-state index contributed by atoms with van der Waals surface area (Å²) in [6, 6.07) is 2.24. The molecule has 0 spiro atoms. The Kier molecular flexibility index (Phi) is 4.23. The van der Waals surface area contributed by atoms with Crippen LogP contribution in [0.15, 0.2) is 12.3 Å². The second-order valence-electron chi connectivity index (χ2n) is 4.46. The largest absolute Gasteiger partial charge is 0.369 e. The summed E-state index contributed by atoms with van der Waals surface area (Å²) in [6.45, 7) is 4.82. The van der Waals surface area contributed by atoms with E-state index in [0.717, 1.165) is 17.2 Å². The average molecular weight is 254 g/mol. The maximum absolute atomic E-state index is 12.0. The zero-order valence-electron chi connectivity index (χ0n) is 10.3. The van der Waals surface area contributed by atoms with Crippen LogP contribution in [0.5, 0.6) is 0 Å². The minimum absolute atomic E-state index is 0.145. The van der Waals surface area contributed by atoms with Crippen molar-refractivity contribution in [3.63, 3.8) is 0 Å². The fraction of sp³-hybridized carbons (Fsp3) is 0.667. The molecule has 0 N–H and O–H groups in total. The Morgan fingerprint density at radius 3 is 3.12 bits per heavy atom. The summed E-state index contributed by atoms with van der Waals surface area (Å²) in [5.74, 6) is 1.92. The van der Waals surface area contributed by atoms with Crippen LogP contribution in [0.25, 0.3) is 0 Å². The predicted octanol–water partition coefficient (Wildman–Crippen LogP) is 1.71. The van der Waals surface area contributed by atoms with Crippen LogP contribution in [0.1, 0.15) is 25.6 Å². The fourth-order valence-electron chi connectivity index (χ4n) is 1.73. The van der Waals surface area contributed by atoms with Crippen molar-refractivity contribution in [2.45, 2.75) is 32.4 Å². The lowest BCUT2D eigenvalue weighted by Crippen LogP contribution is -2.32. The van der Waals surface area contributed by atoms with E-state index in [2.05, 4.69) is 18.9 Å². The molecule has 0 radical (unpaired) electrons. The molecule has 0 aromatic carbocycles. The lowest BCUT2D eigenvalue weighted by atomic mass is 10.1. The SMILES string of the molecule is CC(C)n1ccc(CC(=O)C2CSCCO2)n1. The van der Waals surface area contributed by atoms with Crippen LogP contribution in [-0.2, 0) is 16.0 Å². The Balaban J connectivity index is 1.92. The van der Waals surface area contributed by atoms with Gasteiger partial charge in [0.25, 0.3) is 0 Å². The monoisotopic (exact) mass is 254 g/mol. The zero-order chi connectivity index (χ0) is 12.3. The van der Waals surface area contributed by atoms with Gasteiger partial charge in [0, 0.05) is 23.7 Å². The van der Waals surface area contributed by atoms with E-state index < -0.39 is 0 Å². The van der Waals surface area contributed by atoms with Crippen molar-refractivity contribution in [1.82, 2.24) is 9.78 Å². The number of aromatic nitrogens is 2. The highest BCUT2D eigenvalue weighted by Gasteiger charge is 2.23. The first kappa shape index (κ1) is 12.6. The van der Waals surface area contributed by atoms with E-state index in [9.17, 15) is 4.79 Å². The van der Waals surface area contributed by atoms with Gasteiger partial charge in [-0.2, -0.15) is 16.9 Å². The minimum Gasteiger partial charge on any atom is -0.369 e. The van der Waals surface area contributed by atoms with Gasteiger partial charge >= 0.3 is 0 Å². The highest BCUT2D eigenvalue weighted by Crippen LogP contribution is 2.15. The zero-order valence-corrected chi connectivity index (χ0v) is 11.1. The van der Waals surface area contributed by atoms with Gasteiger partial charge in [-0.15, -0.1) is 0 Å². The standard InChI is InChI=1S/C12H18N2O2S/c1-9(2)14-4-3-10(13-14)7-11(15)12-8-17-6-5-16-12/h3-4,9,12H,5-8H2,1-2H3. The van der Waals surface area contributed by atoms with E-state index in [1.54, 1.807) is 11.8 Å². The molecule has 1 saturated heterocycles. The van der Waals surface area contributed by atoms with E-state index in [1.807, 2.05) is 16.9 Å². The molecule has 2 heterocycles. The summed E-state index contributed by atoms with van der Waals surface area (Å²) in [7, 11) is 0. The quantitative estimate of drug-likeness (QED) is 0.820. The van der Waals surface area contributed by atoms with Gasteiger partial charge in [-0.1, -0.05) is 0 Å². The van der Waals surface area contributed by atoms with Gasteiger partial charge in [-0.3, -0.25) is 9.48 Å². The van der Waals surface area contributed by atoms with Gasteiger partial charge in [0.2, 0.25) is 0 Å². The van der Waals surface area contributed by atoms with Crippen molar-refractivity contribution in [2.24, 2.45) is 0 Å². The Morgan fingerprint density at radius 2 is 2.53 bits per heavy atom. The number of ether oxygens (including phenoxy) is 1. The van der Waals surface area contributed by atoms with E-state index in [1.165, 1.54) is 0 Å². The normalized spacial score (nSPS) is 20.8. The third-order valence-electron chi connectivity index (χ3n) is 2.72. The molecule has 94 valence electrons. The van der Waals surface area contributed by atoms with E-state index in [0.29, 0.717) is 19.1 Å². The van der Waals surface area contributed by atoms with Gasteiger partial charge in [-0.05, 0) is 19.9 Å². The number of rotatable bonds is 4. The molecular formula is C12H18N2O2S. The minimum atomic E-state index is -0.238. The Morgan fingerprint density at radius 1 is 1.71 bits per heavy atom. The van der Waals surface area contributed by atoms with Crippen molar-refractivity contribution in [3.8, 4) is 0 Å². The summed E-state index contributed by atoms with van der Waals surface area (Å²) in [6.07, 6.45) is 2.06.